The lowest BCUT2D eigenvalue weighted by molar-refractivity contribution is 0.0121. The highest BCUT2D eigenvalue weighted by Crippen LogP contribution is 2.48. The van der Waals surface area contributed by atoms with Gasteiger partial charge in [-0.05, 0) is 49.9 Å². The number of halogens is 4. The van der Waals surface area contributed by atoms with Crippen LogP contribution in [-0.4, -0.2) is 34.9 Å². The number of fused-ring (bicyclic) bond motifs is 2. The van der Waals surface area contributed by atoms with Crippen molar-refractivity contribution >= 4 is 34.9 Å². The highest BCUT2D eigenvalue weighted by Gasteiger charge is 2.47. The molecule has 1 saturated heterocycles. The number of hydrogen-bond donors (Lipinski definition) is 1. The Labute approximate surface area is 215 Å². The number of nitrogens with zero attached hydrogens (tertiary/aromatic N) is 2. The molecule has 2 bridgehead atoms. The summed E-state index contributed by atoms with van der Waals surface area (Å²) in [4.78, 5) is 12.8. The van der Waals surface area contributed by atoms with Crippen molar-refractivity contribution in [3.8, 4) is 11.3 Å². The number of anilines is 1. The molecule has 2 saturated carbocycles. The minimum absolute atomic E-state index is 0.0875. The van der Waals surface area contributed by atoms with Crippen LogP contribution >= 0.6 is 23.2 Å². The summed E-state index contributed by atoms with van der Waals surface area (Å²) in [5.41, 5.74) is 1.46. The van der Waals surface area contributed by atoms with Crippen LogP contribution < -0.4 is 4.90 Å². The van der Waals surface area contributed by atoms with E-state index >= 15 is 0 Å². The molecule has 2 aliphatic carbocycles. The van der Waals surface area contributed by atoms with E-state index in [4.69, 9.17) is 37.6 Å². The predicted octanol–water partition coefficient (Wildman–Crippen LogP) is 6.69. The zero-order valence-corrected chi connectivity index (χ0v) is 20.5. The standard InChI is InChI=1S/C26H22Cl2F2N2O4/c27-17-2-1-3-18(28)22(17)23-16(25(36-31-23)12-4-5-12)11-35-21-9-15-6-14(21)10-32(15)24-19(29)7-13(26(33)34)8-20(24)30/h1-3,7-8,12,14-15,21H,4-6,9-11H2,(H,33,34)/t14-,15-,21+/m0/s1. The largest absolute Gasteiger partial charge is 0.478 e. The Kier molecular flexibility index (Phi) is 5.93. The number of carbonyl (C=O) groups is 1. The summed E-state index contributed by atoms with van der Waals surface area (Å²) >= 11 is 12.9. The van der Waals surface area contributed by atoms with Crippen LogP contribution in [0, 0.1) is 17.6 Å². The van der Waals surface area contributed by atoms with E-state index in [0.717, 1.165) is 42.7 Å². The third-order valence-electron chi connectivity index (χ3n) is 7.44. The maximum Gasteiger partial charge on any atom is 0.335 e. The van der Waals surface area contributed by atoms with Gasteiger partial charge in [0, 0.05) is 35.5 Å². The maximum atomic E-state index is 14.7. The zero-order valence-electron chi connectivity index (χ0n) is 19.0. The quantitative estimate of drug-likeness (QED) is 0.364. The average molecular weight is 535 g/mol. The third-order valence-corrected chi connectivity index (χ3v) is 8.07. The van der Waals surface area contributed by atoms with E-state index in [-0.39, 0.29) is 30.4 Å². The van der Waals surface area contributed by atoms with Gasteiger partial charge in [0.05, 0.1) is 28.3 Å². The van der Waals surface area contributed by atoms with Gasteiger partial charge in [0.15, 0.2) is 0 Å². The van der Waals surface area contributed by atoms with Crippen molar-refractivity contribution in [2.75, 3.05) is 11.4 Å². The van der Waals surface area contributed by atoms with Crippen LogP contribution in [0.5, 0.6) is 0 Å². The summed E-state index contributed by atoms with van der Waals surface area (Å²) in [7, 11) is 0. The summed E-state index contributed by atoms with van der Waals surface area (Å²) in [6, 6.07) is 6.92. The van der Waals surface area contributed by atoms with Crippen molar-refractivity contribution < 1.29 is 27.9 Å². The van der Waals surface area contributed by atoms with Crippen molar-refractivity contribution in [2.45, 2.75) is 50.4 Å². The van der Waals surface area contributed by atoms with Crippen LogP contribution in [0.1, 0.15) is 53.3 Å². The number of hydrogen-bond acceptors (Lipinski definition) is 5. The second kappa shape index (κ2) is 9.01. The minimum atomic E-state index is -1.37. The molecule has 1 aliphatic heterocycles. The topological polar surface area (TPSA) is 75.8 Å². The fourth-order valence-corrected chi connectivity index (χ4v) is 6.16. The van der Waals surface area contributed by atoms with Gasteiger partial charge in [-0.15, -0.1) is 0 Å². The van der Waals surface area contributed by atoms with E-state index in [1.807, 2.05) is 0 Å². The van der Waals surface area contributed by atoms with Gasteiger partial charge in [0.25, 0.3) is 0 Å². The molecule has 6 rings (SSSR count). The molecule has 0 amide bonds. The van der Waals surface area contributed by atoms with E-state index in [9.17, 15) is 13.6 Å². The van der Waals surface area contributed by atoms with Crippen LogP contribution in [0.3, 0.4) is 0 Å². The number of carboxylic acid groups (broad SMARTS) is 1. The molecule has 188 valence electrons. The average Bonchev–Trinajstić information content (AvgIpc) is 3.29. The molecular formula is C26H22Cl2F2N2O4. The Hall–Kier alpha value is -2.68. The minimum Gasteiger partial charge on any atom is -0.478 e. The smallest absolute Gasteiger partial charge is 0.335 e. The molecule has 2 aromatic carbocycles. The normalized spacial score (nSPS) is 23.0. The van der Waals surface area contributed by atoms with E-state index in [1.54, 1.807) is 23.1 Å². The lowest BCUT2D eigenvalue weighted by Gasteiger charge is -2.33. The lowest BCUT2D eigenvalue weighted by atomic mass is 10.0. The van der Waals surface area contributed by atoms with Gasteiger partial charge in [0.1, 0.15) is 28.8 Å². The molecule has 3 atom stereocenters. The first-order chi connectivity index (χ1) is 17.3. The molecule has 6 nitrogen and oxygen atoms in total. The third kappa shape index (κ3) is 4.05. The Morgan fingerprint density at radius 2 is 1.86 bits per heavy atom. The van der Waals surface area contributed by atoms with Crippen molar-refractivity contribution in [3.05, 3.63) is 68.9 Å². The van der Waals surface area contributed by atoms with Gasteiger partial charge in [-0.25, -0.2) is 13.6 Å². The maximum absolute atomic E-state index is 14.7. The van der Waals surface area contributed by atoms with Crippen molar-refractivity contribution in [1.82, 2.24) is 5.16 Å². The van der Waals surface area contributed by atoms with E-state index < -0.39 is 23.2 Å². The molecular weight excluding hydrogens is 513 g/mol. The zero-order chi connectivity index (χ0) is 25.1. The predicted molar refractivity (Wildman–Crippen MR) is 130 cm³/mol. The first-order valence-corrected chi connectivity index (χ1v) is 12.6. The molecule has 1 N–H and O–H groups in total. The first-order valence-electron chi connectivity index (χ1n) is 11.8. The molecule has 0 spiro atoms. The van der Waals surface area contributed by atoms with Gasteiger partial charge in [0.2, 0.25) is 0 Å². The van der Waals surface area contributed by atoms with Crippen LogP contribution in [0.25, 0.3) is 11.3 Å². The van der Waals surface area contributed by atoms with Gasteiger partial charge < -0.3 is 19.3 Å². The van der Waals surface area contributed by atoms with Gasteiger partial charge >= 0.3 is 5.97 Å². The molecule has 0 unspecified atom stereocenters. The fourth-order valence-electron chi connectivity index (χ4n) is 5.59. The van der Waals surface area contributed by atoms with E-state index in [2.05, 4.69) is 5.16 Å². The van der Waals surface area contributed by atoms with Gasteiger partial charge in [-0.1, -0.05) is 34.4 Å². The van der Waals surface area contributed by atoms with Crippen LogP contribution in [-0.2, 0) is 11.3 Å². The van der Waals surface area contributed by atoms with Crippen LogP contribution in [0.4, 0.5) is 14.5 Å². The highest BCUT2D eigenvalue weighted by molar-refractivity contribution is 6.39. The Morgan fingerprint density at radius 3 is 2.44 bits per heavy atom. The van der Waals surface area contributed by atoms with Gasteiger partial charge in [-0.2, -0.15) is 0 Å². The molecule has 36 heavy (non-hydrogen) atoms. The number of ether oxygens (including phenoxy) is 1. The van der Waals surface area contributed by atoms with Crippen molar-refractivity contribution in [1.29, 1.82) is 0 Å². The number of rotatable bonds is 7. The highest BCUT2D eigenvalue weighted by atomic mass is 35.5. The molecule has 3 aromatic rings. The lowest BCUT2D eigenvalue weighted by Crippen LogP contribution is -2.39. The van der Waals surface area contributed by atoms with Crippen LogP contribution in [0.15, 0.2) is 34.9 Å². The molecule has 1 aromatic heterocycles. The molecule has 0 radical (unpaired) electrons. The van der Waals surface area contributed by atoms with Crippen molar-refractivity contribution in [3.63, 3.8) is 0 Å². The van der Waals surface area contributed by atoms with E-state index in [0.29, 0.717) is 40.2 Å². The molecule has 2 heterocycles. The molecule has 3 aliphatic rings. The summed E-state index contributed by atoms with van der Waals surface area (Å²) in [5.74, 6) is -1.90. The molecule has 3 fully saturated rings. The second-order valence-electron chi connectivity index (χ2n) is 9.73. The number of carboxylic acids is 1. The van der Waals surface area contributed by atoms with Crippen LogP contribution in [0.2, 0.25) is 10.0 Å². The summed E-state index contributed by atoms with van der Waals surface area (Å²) in [6.07, 6.45) is 3.31. The Morgan fingerprint density at radius 1 is 1.17 bits per heavy atom. The Bertz CT molecular complexity index is 1320. The SMILES string of the molecule is O=C(O)c1cc(F)c(N2C[C@@H]3C[C@H]2C[C@H]3OCc2c(-c3c(Cl)cccc3Cl)noc2C2CC2)c(F)c1. The summed E-state index contributed by atoms with van der Waals surface area (Å²) in [6.45, 7) is 0.702. The number of aromatic nitrogens is 1. The fraction of sp³-hybridized carbons (Fsp3) is 0.385. The number of aromatic carboxylic acids is 1. The second-order valence-corrected chi connectivity index (χ2v) is 10.5. The number of benzene rings is 2. The first kappa shape index (κ1) is 23.7. The summed E-state index contributed by atoms with van der Waals surface area (Å²) in [5, 5.41) is 14.3. The summed E-state index contributed by atoms with van der Waals surface area (Å²) < 4.78 is 41.4. The number of piperidine rings is 1. The monoisotopic (exact) mass is 534 g/mol. The van der Waals surface area contributed by atoms with Gasteiger partial charge in [-0.3, -0.25) is 0 Å². The van der Waals surface area contributed by atoms with Crippen molar-refractivity contribution in [2.24, 2.45) is 5.92 Å². The van der Waals surface area contributed by atoms with E-state index in [1.165, 1.54) is 0 Å². The molecule has 10 heteroatoms. The Balaban J connectivity index is 1.20.